The molecule has 6 aliphatic rings. The Morgan fingerprint density at radius 1 is 0.830 bits per heavy atom. The van der Waals surface area contributed by atoms with E-state index in [-0.39, 0.29) is 40.6 Å². The van der Waals surface area contributed by atoms with Crippen molar-refractivity contribution < 1.29 is 32.4 Å². The molecule has 0 aromatic heterocycles. The third-order valence-corrected chi connectivity index (χ3v) is 16.4. The van der Waals surface area contributed by atoms with Gasteiger partial charge in [-0.15, -0.1) is 0 Å². The minimum Gasteiger partial charge on any atom is -0.363 e. The van der Waals surface area contributed by atoms with Gasteiger partial charge in [0.1, 0.15) is 12.1 Å². The van der Waals surface area contributed by atoms with Gasteiger partial charge in [0, 0.05) is 6.54 Å². The molecular weight excluding hydrogens is 695 g/mol. The van der Waals surface area contributed by atoms with E-state index in [2.05, 4.69) is 16.0 Å². The highest BCUT2D eigenvalue weighted by Crippen LogP contribution is 2.66. The maximum Gasteiger partial charge on any atom is 0.315 e. The van der Waals surface area contributed by atoms with Crippen LogP contribution in [0.2, 0.25) is 0 Å². The fraction of sp³-hybridized carbons (Fsp3) is 0.875. The largest absolute Gasteiger partial charge is 0.363 e. The average molecular weight is 760 g/mol. The standard InChI is InChI=1S/C40H65N5O7S/c1-37(2,3)24-53(51,52)25-40(17-9-6-10-18-40)44-36(50)43-32(38(4)15-7-5-8-16-38)35(49)45-23-28-27(14-19-39(28)20-21-39)30(45)34(48)42-29(31(46)33(41)47)22-26-12-11-13-26/h26-30,32H,5-25H2,1-4H3,(H2,41,47)(H,42,48)(H2,43,44,50)/t27-,28-,29?,30-,32+/m0/s1. The van der Waals surface area contributed by atoms with E-state index in [9.17, 15) is 27.6 Å². The molecule has 0 bridgehead atoms. The molecule has 1 unspecified atom stereocenters. The zero-order valence-electron chi connectivity index (χ0n) is 32.6. The van der Waals surface area contributed by atoms with Crippen LogP contribution in [-0.4, -0.2) is 84.6 Å². The van der Waals surface area contributed by atoms with E-state index in [0.717, 1.165) is 96.3 Å². The zero-order valence-corrected chi connectivity index (χ0v) is 33.4. The Kier molecular flexibility index (Phi) is 11.4. The molecule has 1 aliphatic heterocycles. The molecule has 5 aliphatic carbocycles. The average Bonchev–Trinajstić information content (AvgIpc) is 3.61. The maximum absolute atomic E-state index is 15.1. The number of fused-ring (bicyclic) bond motifs is 2. The van der Waals surface area contributed by atoms with Crippen LogP contribution in [0.5, 0.6) is 0 Å². The molecule has 5 saturated carbocycles. The van der Waals surface area contributed by atoms with Gasteiger partial charge in [0.2, 0.25) is 17.6 Å². The molecule has 6 rings (SSSR count). The number of nitrogens with two attached hydrogens (primary N) is 1. The molecular formula is C40H65N5O7S. The number of likely N-dealkylation sites (tertiary alicyclic amines) is 1. The highest BCUT2D eigenvalue weighted by Gasteiger charge is 2.64. The third kappa shape index (κ3) is 8.90. The van der Waals surface area contributed by atoms with Crippen LogP contribution in [0.3, 0.4) is 0 Å². The SMILES string of the molecule is CC(C)(C)CS(=O)(=O)CC1(NC(=O)N[C@H](C(=O)N2C[C@H]3[C@H](CCC34CC4)[C@H]2C(=O)NC(CC2CCC2)C(=O)C(N)=O)C2(C)CCCCC2)CCCCC1. The van der Waals surface area contributed by atoms with Crippen molar-refractivity contribution in [1.82, 2.24) is 20.9 Å². The first-order valence-corrected chi connectivity index (χ1v) is 22.4. The minimum atomic E-state index is -3.51. The van der Waals surface area contributed by atoms with Crippen molar-refractivity contribution >= 4 is 39.4 Å². The smallest absolute Gasteiger partial charge is 0.315 e. The van der Waals surface area contributed by atoms with Crippen LogP contribution in [-0.2, 0) is 29.0 Å². The number of rotatable bonds is 13. The van der Waals surface area contributed by atoms with E-state index in [0.29, 0.717) is 25.8 Å². The van der Waals surface area contributed by atoms with Crippen LogP contribution in [0, 0.1) is 34.0 Å². The molecule has 1 spiro atoms. The normalized spacial score (nSPS) is 28.6. The second-order valence-corrected chi connectivity index (χ2v) is 21.7. The Balaban J connectivity index is 1.27. The van der Waals surface area contributed by atoms with Gasteiger partial charge in [-0.3, -0.25) is 19.2 Å². The zero-order chi connectivity index (χ0) is 38.4. The van der Waals surface area contributed by atoms with Gasteiger partial charge in [0.25, 0.3) is 5.91 Å². The topological polar surface area (TPSA) is 185 Å². The summed E-state index contributed by atoms with van der Waals surface area (Å²) in [6.07, 6.45) is 15.2. The molecule has 0 aromatic carbocycles. The number of nitrogens with one attached hydrogen (secondary N) is 3. The minimum absolute atomic E-state index is 0.0129. The predicted molar refractivity (Wildman–Crippen MR) is 202 cm³/mol. The van der Waals surface area contributed by atoms with Crippen LogP contribution in [0.1, 0.15) is 143 Å². The summed E-state index contributed by atoms with van der Waals surface area (Å²) in [6, 6.07) is -3.34. The molecule has 1 saturated heterocycles. The second-order valence-electron chi connectivity index (χ2n) is 19.6. The number of amides is 5. The van der Waals surface area contributed by atoms with Crippen molar-refractivity contribution in [1.29, 1.82) is 0 Å². The van der Waals surface area contributed by atoms with Crippen molar-refractivity contribution in [2.45, 2.75) is 167 Å². The van der Waals surface area contributed by atoms with E-state index < -0.39 is 68.0 Å². The van der Waals surface area contributed by atoms with E-state index in [1.807, 2.05) is 27.7 Å². The number of ketones is 1. The number of primary amides is 1. The summed E-state index contributed by atoms with van der Waals surface area (Å²) < 4.78 is 26.9. The molecule has 5 atom stereocenters. The summed E-state index contributed by atoms with van der Waals surface area (Å²) in [5.41, 5.74) is 3.63. The van der Waals surface area contributed by atoms with Crippen LogP contribution < -0.4 is 21.7 Å². The lowest BCUT2D eigenvalue weighted by Crippen LogP contribution is -2.64. The molecule has 5 amide bonds. The molecule has 298 valence electrons. The highest BCUT2D eigenvalue weighted by molar-refractivity contribution is 7.91. The summed E-state index contributed by atoms with van der Waals surface area (Å²) >= 11 is 0. The van der Waals surface area contributed by atoms with Crippen LogP contribution in [0.4, 0.5) is 4.79 Å². The number of urea groups is 1. The monoisotopic (exact) mass is 759 g/mol. The number of hydrogen-bond donors (Lipinski definition) is 4. The van der Waals surface area contributed by atoms with Crippen molar-refractivity contribution in [3.05, 3.63) is 0 Å². The quantitative estimate of drug-likeness (QED) is 0.199. The Morgan fingerprint density at radius 2 is 1.45 bits per heavy atom. The van der Waals surface area contributed by atoms with Gasteiger partial charge in [-0.05, 0) is 91.8 Å². The van der Waals surface area contributed by atoms with E-state index in [1.54, 1.807) is 4.90 Å². The lowest BCUT2D eigenvalue weighted by molar-refractivity contribution is -0.145. The number of nitrogens with zero attached hydrogens (tertiary/aromatic N) is 1. The number of carbonyl (C=O) groups excluding carboxylic acids is 5. The van der Waals surface area contributed by atoms with E-state index in [4.69, 9.17) is 5.73 Å². The summed E-state index contributed by atoms with van der Waals surface area (Å²) in [4.78, 5) is 70.5. The number of carbonyl (C=O) groups is 5. The molecule has 5 N–H and O–H groups in total. The Bertz CT molecular complexity index is 1540. The highest BCUT2D eigenvalue weighted by atomic mass is 32.2. The Labute approximate surface area is 316 Å². The van der Waals surface area contributed by atoms with Crippen LogP contribution in [0.15, 0.2) is 0 Å². The Hall–Kier alpha value is -2.70. The van der Waals surface area contributed by atoms with Crippen LogP contribution in [0.25, 0.3) is 0 Å². The molecule has 0 radical (unpaired) electrons. The van der Waals surface area contributed by atoms with Gasteiger partial charge >= 0.3 is 6.03 Å². The summed E-state index contributed by atoms with van der Waals surface area (Å²) in [5, 5.41) is 9.14. The van der Waals surface area contributed by atoms with Crippen molar-refractivity contribution in [3.63, 3.8) is 0 Å². The number of Topliss-reactive ketones (excluding diaryl/α,β-unsaturated/α-hetero) is 1. The predicted octanol–water partition coefficient (Wildman–Crippen LogP) is 4.54. The first-order valence-electron chi connectivity index (χ1n) is 20.6. The van der Waals surface area contributed by atoms with Gasteiger partial charge in [-0.2, -0.15) is 0 Å². The Morgan fingerprint density at radius 3 is 2.00 bits per heavy atom. The van der Waals surface area contributed by atoms with Gasteiger partial charge in [0.05, 0.1) is 23.1 Å². The fourth-order valence-corrected chi connectivity index (χ4v) is 13.7. The van der Waals surface area contributed by atoms with Gasteiger partial charge < -0.3 is 26.6 Å². The first-order chi connectivity index (χ1) is 24.8. The molecule has 53 heavy (non-hydrogen) atoms. The van der Waals surface area contributed by atoms with Gasteiger partial charge in [-0.1, -0.05) is 85.5 Å². The summed E-state index contributed by atoms with van der Waals surface area (Å²) in [6.45, 7) is 8.15. The lowest BCUT2D eigenvalue weighted by atomic mass is 9.70. The molecule has 0 aromatic rings. The second kappa shape index (κ2) is 15.1. The van der Waals surface area contributed by atoms with E-state index in [1.165, 1.54) is 0 Å². The first kappa shape index (κ1) is 40.0. The lowest BCUT2D eigenvalue weighted by Gasteiger charge is -2.44. The number of hydrogen-bond acceptors (Lipinski definition) is 7. The summed E-state index contributed by atoms with van der Waals surface area (Å²) in [7, 11) is -3.51. The third-order valence-electron chi connectivity index (χ3n) is 14.1. The van der Waals surface area contributed by atoms with Crippen molar-refractivity contribution in [2.24, 2.45) is 39.7 Å². The van der Waals surface area contributed by atoms with E-state index >= 15 is 4.79 Å². The summed E-state index contributed by atoms with van der Waals surface area (Å²) in [5.74, 6) is -2.46. The molecule has 6 fully saturated rings. The van der Waals surface area contributed by atoms with Gasteiger partial charge in [-0.25, -0.2) is 13.2 Å². The fourth-order valence-electron chi connectivity index (χ4n) is 11.0. The number of sulfone groups is 1. The van der Waals surface area contributed by atoms with Gasteiger partial charge in [0.15, 0.2) is 9.84 Å². The molecule has 13 heteroatoms. The molecule has 1 heterocycles. The maximum atomic E-state index is 15.1. The molecule has 12 nitrogen and oxygen atoms in total. The van der Waals surface area contributed by atoms with Crippen molar-refractivity contribution in [2.75, 3.05) is 18.1 Å². The van der Waals surface area contributed by atoms with Crippen LogP contribution >= 0.6 is 0 Å². The van der Waals surface area contributed by atoms with Crippen molar-refractivity contribution in [3.8, 4) is 0 Å².